The second-order valence-electron chi connectivity index (χ2n) is 7.19. The zero-order chi connectivity index (χ0) is 21.8. The van der Waals surface area contributed by atoms with Crippen molar-refractivity contribution in [1.29, 1.82) is 0 Å². The summed E-state index contributed by atoms with van der Waals surface area (Å²) in [4.78, 5) is 38.1. The Morgan fingerprint density at radius 2 is 1.77 bits per heavy atom. The van der Waals surface area contributed by atoms with E-state index in [1.54, 1.807) is 30.9 Å². The largest absolute Gasteiger partial charge is 0.469 e. The first-order valence-electron chi connectivity index (χ1n) is 9.66. The molecule has 0 saturated carbocycles. The van der Waals surface area contributed by atoms with Crippen molar-refractivity contribution in [2.45, 2.75) is 26.7 Å². The monoisotopic (exact) mass is 417 g/mol. The van der Waals surface area contributed by atoms with Gasteiger partial charge in [0.2, 0.25) is 0 Å². The van der Waals surface area contributed by atoms with E-state index in [0.29, 0.717) is 43.0 Å². The number of likely N-dealkylation sites (tertiary alicyclic amines) is 1. The molecule has 0 spiro atoms. The summed E-state index contributed by atoms with van der Waals surface area (Å²) >= 11 is 0. The molecule has 1 aromatic carbocycles. The fraction of sp³-hybridized carbons (Fsp3) is 0.429. The van der Waals surface area contributed by atoms with Crippen molar-refractivity contribution >= 4 is 17.8 Å². The number of halogens is 1. The molecule has 1 aromatic heterocycles. The highest BCUT2D eigenvalue weighted by molar-refractivity contribution is 5.93. The van der Waals surface area contributed by atoms with Gasteiger partial charge in [0.1, 0.15) is 11.4 Å². The van der Waals surface area contributed by atoms with Gasteiger partial charge in [-0.05, 0) is 51.0 Å². The van der Waals surface area contributed by atoms with Crippen LogP contribution in [-0.2, 0) is 19.1 Å². The zero-order valence-corrected chi connectivity index (χ0v) is 17.2. The molecule has 0 bridgehead atoms. The predicted octanol–water partition coefficient (Wildman–Crippen LogP) is 2.20. The highest BCUT2D eigenvalue weighted by atomic mass is 19.1. The van der Waals surface area contributed by atoms with Crippen LogP contribution in [0.15, 0.2) is 24.3 Å². The number of ether oxygens (including phenoxy) is 2. The number of nitrogens with zero attached hydrogens (tertiary/aromatic N) is 3. The van der Waals surface area contributed by atoms with Gasteiger partial charge in [0, 0.05) is 13.1 Å². The lowest BCUT2D eigenvalue weighted by atomic mass is 9.97. The van der Waals surface area contributed by atoms with E-state index < -0.39 is 5.97 Å². The van der Waals surface area contributed by atoms with E-state index >= 15 is 0 Å². The van der Waals surface area contributed by atoms with Crippen LogP contribution in [0.1, 0.15) is 34.6 Å². The summed E-state index contributed by atoms with van der Waals surface area (Å²) in [6.07, 6.45) is 1.05. The topological polar surface area (TPSA) is 90.7 Å². The predicted molar refractivity (Wildman–Crippen MR) is 105 cm³/mol. The van der Waals surface area contributed by atoms with Crippen LogP contribution in [0.3, 0.4) is 0 Å². The molecule has 160 valence electrons. The molecule has 9 heteroatoms. The van der Waals surface area contributed by atoms with E-state index in [-0.39, 0.29) is 35.8 Å². The quantitative estimate of drug-likeness (QED) is 0.693. The molecule has 1 saturated heterocycles. The van der Waals surface area contributed by atoms with Crippen molar-refractivity contribution in [3.05, 3.63) is 47.0 Å². The van der Waals surface area contributed by atoms with E-state index in [9.17, 15) is 18.8 Å². The summed E-state index contributed by atoms with van der Waals surface area (Å²) in [5.41, 5.74) is 1.88. The van der Waals surface area contributed by atoms with Crippen LogP contribution in [-0.4, -0.2) is 59.3 Å². The van der Waals surface area contributed by atoms with Gasteiger partial charge >= 0.3 is 11.9 Å². The van der Waals surface area contributed by atoms with Gasteiger partial charge in [-0.25, -0.2) is 13.9 Å². The zero-order valence-electron chi connectivity index (χ0n) is 17.2. The van der Waals surface area contributed by atoms with Crippen molar-refractivity contribution in [1.82, 2.24) is 14.7 Å². The van der Waals surface area contributed by atoms with Gasteiger partial charge in [-0.15, -0.1) is 0 Å². The highest BCUT2D eigenvalue weighted by Gasteiger charge is 2.29. The summed E-state index contributed by atoms with van der Waals surface area (Å²) in [6, 6.07) is 5.74. The lowest BCUT2D eigenvalue weighted by Gasteiger charge is -2.30. The molecule has 2 heterocycles. The normalized spacial score (nSPS) is 14.5. The number of aryl methyl sites for hydroxylation is 1. The molecular weight excluding hydrogens is 393 g/mol. The number of esters is 2. The number of amides is 1. The molecule has 1 amide bonds. The molecule has 0 unspecified atom stereocenters. The third-order valence-corrected chi connectivity index (χ3v) is 5.28. The number of rotatable bonds is 5. The first-order chi connectivity index (χ1) is 14.3. The van der Waals surface area contributed by atoms with Crippen LogP contribution < -0.4 is 0 Å². The average molecular weight is 417 g/mol. The summed E-state index contributed by atoms with van der Waals surface area (Å²) in [7, 11) is 1.35. The average Bonchev–Trinajstić information content (AvgIpc) is 3.05. The van der Waals surface area contributed by atoms with Crippen LogP contribution in [0.2, 0.25) is 0 Å². The summed E-state index contributed by atoms with van der Waals surface area (Å²) in [5.74, 6) is -1.79. The molecule has 8 nitrogen and oxygen atoms in total. The van der Waals surface area contributed by atoms with Crippen molar-refractivity contribution in [2.24, 2.45) is 5.92 Å². The minimum Gasteiger partial charge on any atom is -0.469 e. The number of aromatic nitrogens is 2. The Bertz CT molecular complexity index is 946. The molecule has 0 aliphatic carbocycles. The number of carbonyl (C=O) groups is 3. The fourth-order valence-electron chi connectivity index (χ4n) is 3.59. The molecule has 1 aliphatic heterocycles. The third kappa shape index (κ3) is 4.50. The van der Waals surface area contributed by atoms with E-state index in [4.69, 9.17) is 9.47 Å². The standard InChI is InChI=1S/C21H24FN3O5/c1-13-19(14(2)25(23-13)17-6-4-16(22)5-7-17)21(28)30-12-18(26)24-10-8-15(9-11-24)20(27)29-3/h4-7,15H,8-12H2,1-3H3. The number of carbonyl (C=O) groups excluding carboxylic acids is 3. The third-order valence-electron chi connectivity index (χ3n) is 5.28. The lowest BCUT2D eigenvalue weighted by Crippen LogP contribution is -2.42. The Hall–Kier alpha value is -3.23. The van der Waals surface area contributed by atoms with Crippen molar-refractivity contribution in [3.8, 4) is 5.69 Å². The first kappa shape index (κ1) is 21.5. The lowest BCUT2D eigenvalue weighted by molar-refractivity contribution is -0.149. The maximum atomic E-state index is 13.2. The van der Waals surface area contributed by atoms with Crippen LogP contribution in [0.5, 0.6) is 0 Å². The summed E-state index contributed by atoms with van der Waals surface area (Å²) < 4.78 is 24.7. The van der Waals surface area contributed by atoms with Crippen molar-refractivity contribution in [3.63, 3.8) is 0 Å². The maximum Gasteiger partial charge on any atom is 0.342 e. The van der Waals surface area contributed by atoms with Gasteiger partial charge in [-0.2, -0.15) is 5.10 Å². The number of benzene rings is 1. The smallest absolute Gasteiger partial charge is 0.342 e. The molecule has 0 N–H and O–H groups in total. The van der Waals surface area contributed by atoms with Crippen LogP contribution >= 0.6 is 0 Å². The second kappa shape index (κ2) is 9.06. The summed E-state index contributed by atoms with van der Waals surface area (Å²) in [5, 5.41) is 4.34. The number of methoxy groups -OCH3 is 1. The molecule has 0 radical (unpaired) electrons. The Morgan fingerprint density at radius 1 is 1.13 bits per heavy atom. The van der Waals surface area contributed by atoms with E-state index in [1.165, 1.54) is 23.9 Å². The van der Waals surface area contributed by atoms with Gasteiger partial charge < -0.3 is 14.4 Å². The Balaban J connectivity index is 1.61. The van der Waals surface area contributed by atoms with Gasteiger partial charge in [0.05, 0.1) is 30.1 Å². The van der Waals surface area contributed by atoms with E-state index in [2.05, 4.69) is 5.10 Å². The molecule has 2 aromatic rings. The highest BCUT2D eigenvalue weighted by Crippen LogP contribution is 2.20. The van der Waals surface area contributed by atoms with E-state index in [0.717, 1.165) is 0 Å². The molecule has 30 heavy (non-hydrogen) atoms. The van der Waals surface area contributed by atoms with Crippen molar-refractivity contribution in [2.75, 3.05) is 26.8 Å². The molecular formula is C21H24FN3O5. The number of hydrogen-bond acceptors (Lipinski definition) is 6. The van der Waals surface area contributed by atoms with Gasteiger partial charge in [-0.1, -0.05) is 0 Å². The van der Waals surface area contributed by atoms with Crippen LogP contribution in [0.4, 0.5) is 4.39 Å². The van der Waals surface area contributed by atoms with Gasteiger partial charge in [0.15, 0.2) is 6.61 Å². The minimum absolute atomic E-state index is 0.204. The molecule has 1 aliphatic rings. The van der Waals surface area contributed by atoms with Crippen LogP contribution in [0, 0.1) is 25.6 Å². The van der Waals surface area contributed by atoms with E-state index in [1.807, 2.05) is 0 Å². The molecule has 0 atom stereocenters. The Labute approximate surface area is 173 Å². The SMILES string of the molecule is COC(=O)C1CCN(C(=O)COC(=O)c2c(C)nn(-c3ccc(F)cc3)c2C)CC1. The maximum absolute atomic E-state index is 13.2. The number of piperidine rings is 1. The second-order valence-corrected chi connectivity index (χ2v) is 7.19. The van der Waals surface area contributed by atoms with Crippen LogP contribution in [0.25, 0.3) is 5.69 Å². The number of hydrogen-bond donors (Lipinski definition) is 0. The fourth-order valence-corrected chi connectivity index (χ4v) is 3.59. The summed E-state index contributed by atoms with van der Waals surface area (Å²) in [6.45, 7) is 3.82. The Kier molecular flexibility index (Phi) is 6.49. The molecule has 1 fully saturated rings. The van der Waals surface area contributed by atoms with Crippen molar-refractivity contribution < 1.29 is 28.2 Å². The van der Waals surface area contributed by atoms with Gasteiger partial charge in [-0.3, -0.25) is 9.59 Å². The van der Waals surface area contributed by atoms with Gasteiger partial charge in [0.25, 0.3) is 5.91 Å². The Morgan fingerprint density at radius 3 is 2.37 bits per heavy atom. The first-order valence-corrected chi connectivity index (χ1v) is 9.66. The minimum atomic E-state index is -0.642. The molecule has 3 rings (SSSR count).